The Kier molecular flexibility index (Phi) is 6.76. The predicted octanol–water partition coefficient (Wildman–Crippen LogP) is 1.08. The molecule has 0 aromatic carbocycles. The van der Waals surface area contributed by atoms with Crippen molar-refractivity contribution in [3.8, 4) is 0 Å². The molecule has 1 unspecified atom stereocenters. The van der Waals surface area contributed by atoms with E-state index in [1.165, 1.54) is 12.8 Å². The molecule has 0 bridgehead atoms. The van der Waals surface area contributed by atoms with Crippen molar-refractivity contribution < 1.29 is 14.3 Å². The molecule has 29 heavy (non-hydrogen) atoms. The van der Waals surface area contributed by atoms with E-state index in [0.717, 1.165) is 64.2 Å². The molecule has 0 radical (unpaired) electrons. The summed E-state index contributed by atoms with van der Waals surface area (Å²) in [4.78, 5) is 32.8. The molecule has 1 N–H and O–H groups in total. The molecule has 4 rings (SSSR count). The summed E-state index contributed by atoms with van der Waals surface area (Å²) in [5.41, 5.74) is 0. The highest BCUT2D eigenvalue weighted by Crippen LogP contribution is 2.32. The average molecular weight is 407 g/mol. The van der Waals surface area contributed by atoms with Crippen molar-refractivity contribution in [1.82, 2.24) is 20.0 Å². The molecule has 4 aliphatic rings. The molecule has 3 aliphatic heterocycles. The van der Waals surface area contributed by atoms with Gasteiger partial charge in [0.1, 0.15) is 6.10 Å². The van der Waals surface area contributed by atoms with Gasteiger partial charge in [0.25, 0.3) is 5.91 Å². The Labute approximate surface area is 175 Å². The Morgan fingerprint density at radius 2 is 1.72 bits per heavy atom. The number of ether oxygens (including phenoxy) is 1. The number of piperazine rings is 1. The lowest BCUT2D eigenvalue weighted by atomic mass is 9.85. The monoisotopic (exact) mass is 406 g/mol. The number of rotatable bonds is 4. The van der Waals surface area contributed by atoms with Gasteiger partial charge in [-0.25, -0.2) is 0 Å². The number of nitrogens with one attached hydrogen (secondary N) is 1. The first-order chi connectivity index (χ1) is 14.0. The van der Waals surface area contributed by atoms with E-state index in [1.54, 1.807) is 0 Å². The van der Waals surface area contributed by atoms with Crippen molar-refractivity contribution in [2.75, 3.05) is 46.4 Å². The van der Waals surface area contributed by atoms with Gasteiger partial charge in [0, 0.05) is 51.4 Å². The quantitative estimate of drug-likeness (QED) is 0.757. The van der Waals surface area contributed by atoms with Crippen LogP contribution in [0.3, 0.4) is 0 Å². The molecular weight excluding hydrogens is 368 g/mol. The Bertz CT molecular complexity index is 579. The van der Waals surface area contributed by atoms with Crippen molar-refractivity contribution >= 4 is 11.8 Å². The molecule has 7 nitrogen and oxygen atoms in total. The van der Waals surface area contributed by atoms with E-state index in [4.69, 9.17) is 4.74 Å². The lowest BCUT2D eigenvalue weighted by molar-refractivity contribution is -0.147. The van der Waals surface area contributed by atoms with Crippen molar-refractivity contribution in [1.29, 1.82) is 0 Å². The Morgan fingerprint density at radius 1 is 1.00 bits per heavy atom. The Balaban J connectivity index is 1.42. The van der Waals surface area contributed by atoms with Gasteiger partial charge in [-0.3, -0.25) is 9.59 Å². The first-order valence-electron chi connectivity index (χ1n) is 11.7. The van der Waals surface area contributed by atoms with Gasteiger partial charge in [-0.2, -0.15) is 0 Å². The van der Waals surface area contributed by atoms with Crippen molar-refractivity contribution in [2.45, 2.75) is 76.1 Å². The summed E-state index contributed by atoms with van der Waals surface area (Å²) in [6, 6.07) is 0.240. The minimum atomic E-state index is -0.276. The lowest BCUT2D eigenvalue weighted by Gasteiger charge is -2.41. The van der Waals surface area contributed by atoms with E-state index in [9.17, 15) is 9.59 Å². The van der Waals surface area contributed by atoms with Crippen LogP contribution in [-0.4, -0.2) is 97.1 Å². The fourth-order valence-corrected chi connectivity index (χ4v) is 5.48. The van der Waals surface area contributed by atoms with Gasteiger partial charge in [-0.15, -0.1) is 0 Å². The highest BCUT2D eigenvalue weighted by atomic mass is 16.5. The molecule has 7 heteroatoms. The molecule has 2 amide bonds. The normalized spacial score (nSPS) is 36.3. The summed E-state index contributed by atoms with van der Waals surface area (Å²) in [5, 5.41) is 3.45. The zero-order valence-electron chi connectivity index (χ0n) is 18.1. The Morgan fingerprint density at radius 3 is 2.38 bits per heavy atom. The van der Waals surface area contributed by atoms with Crippen LogP contribution in [-0.2, 0) is 14.3 Å². The first-order valence-corrected chi connectivity index (χ1v) is 11.7. The fraction of sp³-hybridized carbons (Fsp3) is 0.909. The molecule has 0 aromatic heterocycles. The smallest absolute Gasteiger partial charge is 0.252 e. The average Bonchev–Trinajstić information content (AvgIpc) is 3.42. The number of amides is 2. The minimum absolute atomic E-state index is 0.103. The fourth-order valence-electron chi connectivity index (χ4n) is 5.48. The van der Waals surface area contributed by atoms with Gasteiger partial charge in [0.2, 0.25) is 5.91 Å². The van der Waals surface area contributed by atoms with Crippen LogP contribution in [0.25, 0.3) is 0 Å². The van der Waals surface area contributed by atoms with Crippen LogP contribution >= 0.6 is 0 Å². The van der Waals surface area contributed by atoms with Gasteiger partial charge >= 0.3 is 0 Å². The van der Waals surface area contributed by atoms with Crippen molar-refractivity contribution in [3.63, 3.8) is 0 Å². The molecule has 0 aromatic rings. The van der Waals surface area contributed by atoms with Crippen LogP contribution in [0.15, 0.2) is 0 Å². The summed E-state index contributed by atoms with van der Waals surface area (Å²) in [5.74, 6) is 1.13. The molecule has 0 spiro atoms. The first kappa shape index (κ1) is 21.1. The SMILES string of the molecule is CC1CCC(N(C(=O)C2CCCO2)[C@@H]2CN[C@H](C(=O)N3CCN(C)CC3)C2)CC1. The molecule has 1 saturated carbocycles. The minimum Gasteiger partial charge on any atom is -0.368 e. The molecule has 3 heterocycles. The second-order valence-electron chi connectivity index (χ2n) is 9.64. The largest absolute Gasteiger partial charge is 0.368 e. The third-order valence-corrected chi connectivity index (χ3v) is 7.45. The van der Waals surface area contributed by atoms with E-state index in [0.29, 0.717) is 19.2 Å². The van der Waals surface area contributed by atoms with E-state index in [2.05, 4.69) is 29.1 Å². The van der Waals surface area contributed by atoms with Crippen LogP contribution in [0.4, 0.5) is 0 Å². The number of nitrogens with zero attached hydrogens (tertiary/aromatic N) is 3. The maximum absolute atomic E-state index is 13.4. The van der Waals surface area contributed by atoms with Crippen LogP contribution < -0.4 is 5.32 Å². The van der Waals surface area contributed by atoms with Crippen LogP contribution in [0.5, 0.6) is 0 Å². The van der Waals surface area contributed by atoms with E-state index >= 15 is 0 Å². The van der Waals surface area contributed by atoms with E-state index in [1.807, 2.05) is 4.90 Å². The predicted molar refractivity (Wildman–Crippen MR) is 112 cm³/mol. The van der Waals surface area contributed by atoms with Gasteiger partial charge in [-0.05, 0) is 57.9 Å². The zero-order valence-corrected chi connectivity index (χ0v) is 18.1. The maximum Gasteiger partial charge on any atom is 0.252 e. The van der Waals surface area contributed by atoms with E-state index in [-0.39, 0.29) is 30.0 Å². The second kappa shape index (κ2) is 9.31. The molecular formula is C22H38N4O3. The van der Waals surface area contributed by atoms with Crippen LogP contribution in [0.2, 0.25) is 0 Å². The molecule has 164 valence electrons. The van der Waals surface area contributed by atoms with Gasteiger partial charge in [-0.1, -0.05) is 6.92 Å². The molecule has 4 fully saturated rings. The third kappa shape index (κ3) is 4.78. The van der Waals surface area contributed by atoms with Crippen molar-refractivity contribution in [3.05, 3.63) is 0 Å². The number of carbonyl (C=O) groups excluding carboxylic acids is 2. The standard InChI is InChI=1S/C22H38N4O3/c1-16-5-7-17(8-6-16)26(22(28)20-4-3-13-29-20)18-14-19(23-15-18)21(27)25-11-9-24(2)10-12-25/h16-20,23H,3-15H2,1-2H3/t16?,17?,18-,19-,20?/m0/s1. The second-order valence-corrected chi connectivity index (χ2v) is 9.64. The molecule has 1 aliphatic carbocycles. The summed E-state index contributed by atoms with van der Waals surface area (Å²) in [6.07, 6.45) is 6.78. The summed E-state index contributed by atoms with van der Waals surface area (Å²) < 4.78 is 5.76. The zero-order chi connectivity index (χ0) is 20.4. The van der Waals surface area contributed by atoms with Gasteiger partial charge < -0.3 is 24.8 Å². The number of hydrogen-bond donors (Lipinski definition) is 1. The molecule has 3 atom stereocenters. The third-order valence-electron chi connectivity index (χ3n) is 7.45. The summed E-state index contributed by atoms with van der Waals surface area (Å²) in [6.45, 7) is 7.20. The summed E-state index contributed by atoms with van der Waals surface area (Å²) in [7, 11) is 2.10. The maximum atomic E-state index is 13.4. The highest BCUT2D eigenvalue weighted by Gasteiger charge is 2.42. The van der Waals surface area contributed by atoms with Gasteiger partial charge in [0.15, 0.2) is 0 Å². The molecule has 3 saturated heterocycles. The lowest BCUT2D eigenvalue weighted by Crippen LogP contribution is -2.53. The topological polar surface area (TPSA) is 65.1 Å². The van der Waals surface area contributed by atoms with Crippen molar-refractivity contribution in [2.24, 2.45) is 5.92 Å². The number of carbonyl (C=O) groups is 2. The number of hydrogen-bond acceptors (Lipinski definition) is 5. The van der Waals surface area contributed by atoms with E-state index < -0.39 is 0 Å². The van der Waals surface area contributed by atoms with Crippen LogP contribution in [0.1, 0.15) is 51.9 Å². The van der Waals surface area contributed by atoms with Crippen LogP contribution in [0, 0.1) is 5.92 Å². The summed E-state index contributed by atoms with van der Waals surface area (Å²) >= 11 is 0. The highest BCUT2D eigenvalue weighted by molar-refractivity contribution is 5.84. The number of likely N-dealkylation sites (N-methyl/N-ethyl adjacent to an activating group) is 1. The Hall–Kier alpha value is -1.18. The van der Waals surface area contributed by atoms with Gasteiger partial charge in [0.05, 0.1) is 6.04 Å².